The fourth-order valence-corrected chi connectivity index (χ4v) is 2.50. The number of fused-ring (bicyclic) bond motifs is 1. The molecule has 1 aliphatic rings. The number of quaternary nitrogens is 1. The molecule has 0 bridgehead atoms. The summed E-state index contributed by atoms with van der Waals surface area (Å²) in [6, 6.07) is 11.7. The zero-order chi connectivity index (χ0) is 15.5. The first-order chi connectivity index (χ1) is 11.4. The van der Waals surface area contributed by atoms with Gasteiger partial charge in [0.2, 0.25) is 6.79 Å². The molecule has 1 aromatic carbocycles. The van der Waals surface area contributed by atoms with Gasteiger partial charge in [0.05, 0.1) is 0 Å². The van der Waals surface area contributed by atoms with E-state index >= 15 is 0 Å². The largest absolute Gasteiger partial charge is 0.454 e. The Kier molecular flexibility index (Phi) is 3.65. The molecule has 3 aromatic rings. The van der Waals surface area contributed by atoms with Gasteiger partial charge in [-0.05, 0) is 24.3 Å². The summed E-state index contributed by atoms with van der Waals surface area (Å²) in [5.74, 6) is 2.35. The van der Waals surface area contributed by atoms with Crippen LogP contribution in [0.25, 0.3) is 11.3 Å². The van der Waals surface area contributed by atoms with Crippen LogP contribution in [0.4, 0.5) is 0 Å². The minimum absolute atomic E-state index is 0.270. The smallest absolute Gasteiger partial charge is 0.231 e. The van der Waals surface area contributed by atoms with Gasteiger partial charge in [0.25, 0.3) is 0 Å². The number of hydrogen-bond donors (Lipinski definition) is 1. The van der Waals surface area contributed by atoms with Gasteiger partial charge in [-0.25, -0.2) is 0 Å². The second-order valence-corrected chi connectivity index (χ2v) is 5.30. The van der Waals surface area contributed by atoms with Gasteiger partial charge in [-0.2, -0.15) is 0 Å². The molecule has 116 valence electrons. The molecule has 0 fully saturated rings. The molecule has 0 saturated carbocycles. The molecule has 6 heteroatoms. The van der Waals surface area contributed by atoms with Crippen molar-refractivity contribution >= 4 is 0 Å². The molecule has 23 heavy (non-hydrogen) atoms. The van der Waals surface area contributed by atoms with Gasteiger partial charge in [-0.15, -0.1) is 0 Å². The lowest BCUT2D eigenvalue weighted by Gasteiger charge is -1.98. The van der Waals surface area contributed by atoms with E-state index < -0.39 is 0 Å². The number of nitrogens with two attached hydrogens (primary N) is 1. The zero-order valence-electron chi connectivity index (χ0n) is 12.4. The normalized spacial score (nSPS) is 12.5. The number of ether oxygens (including phenoxy) is 2. The number of hydrogen-bond acceptors (Lipinski definition) is 5. The van der Waals surface area contributed by atoms with Crippen LogP contribution >= 0.6 is 0 Å². The average molecular weight is 310 g/mol. The van der Waals surface area contributed by atoms with Crippen molar-refractivity contribution < 1.29 is 19.3 Å². The standard InChI is InChI=1S/C17H15N3O3/c1-2-12(8-18-5-1)9-19-10-14-7-15(20-23-14)13-3-4-16-17(6-13)22-11-21-16/h1-8,19H,9-11H2/p+1. The molecule has 0 spiro atoms. The predicted octanol–water partition coefficient (Wildman–Crippen LogP) is 1.73. The summed E-state index contributed by atoms with van der Waals surface area (Å²) in [6.07, 6.45) is 3.65. The average Bonchev–Trinajstić information content (AvgIpc) is 3.24. The number of benzene rings is 1. The molecule has 0 atom stereocenters. The molecule has 3 heterocycles. The van der Waals surface area contributed by atoms with Crippen LogP contribution in [0.5, 0.6) is 11.5 Å². The highest BCUT2D eigenvalue weighted by atomic mass is 16.7. The van der Waals surface area contributed by atoms with Crippen LogP contribution in [0.1, 0.15) is 11.3 Å². The quantitative estimate of drug-likeness (QED) is 0.777. The van der Waals surface area contributed by atoms with E-state index in [9.17, 15) is 0 Å². The van der Waals surface area contributed by atoms with Crippen LogP contribution in [0, 0.1) is 0 Å². The summed E-state index contributed by atoms with van der Waals surface area (Å²) in [5, 5.41) is 6.29. The lowest BCUT2D eigenvalue weighted by atomic mass is 10.1. The predicted molar refractivity (Wildman–Crippen MR) is 81.6 cm³/mol. The zero-order valence-corrected chi connectivity index (χ0v) is 12.4. The number of rotatable bonds is 5. The van der Waals surface area contributed by atoms with Crippen LogP contribution in [-0.2, 0) is 13.1 Å². The Labute approximate surface area is 133 Å². The molecule has 0 amide bonds. The number of aromatic nitrogens is 2. The van der Waals surface area contributed by atoms with Crippen LogP contribution < -0.4 is 14.8 Å². The van der Waals surface area contributed by atoms with Gasteiger partial charge in [0.15, 0.2) is 17.3 Å². The topological polar surface area (TPSA) is 74.0 Å². The van der Waals surface area contributed by atoms with Gasteiger partial charge in [-0.1, -0.05) is 11.2 Å². The number of pyridine rings is 1. The Balaban J connectivity index is 1.41. The Hall–Kier alpha value is -2.86. The van der Waals surface area contributed by atoms with E-state index in [2.05, 4.69) is 21.5 Å². The molecule has 6 nitrogen and oxygen atoms in total. The lowest BCUT2D eigenvalue weighted by Crippen LogP contribution is -2.80. The molecule has 0 aliphatic carbocycles. The van der Waals surface area contributed by atoms with Crippen molar-refractivity contribution in [1.29, 1.82) is 0 Å². The van der Waals surface area contributed by atoms with E-state index in [-0.39, 0.29) is 6.79 Å². The highest BCUT2D eigenvalue weighted by Crippen LogP contribution is 2.35. The van der Waals surface area contributed by atoms with E-state index in [0.717, 1.165) is 41.6 Å². The van der Waals surface area contributed by atoms with Crippen LogP contribution in [0.3, 0.4) is 0 Å². The van der Waals surface area contributed by atoms with Crippen LogP contribution in [-0.4, -0.2) is 16.9 Å². The molecule has 2 N–H and O–H groups in total. The van der Waals surface area contributed by atoms with Gasteiger partial charge < -0.3 is 19.3 Å². The third-order valence-electron chi connectivity index (χ3n) is 3.68. The molecular formula is C17H16N3O3+. The van der Waals surface area contributed by atoms with Crippen molar-refractivity contribution in [3.8, 4) is 22.8 Å². The molecule has 1 aliphatic heterocycles. The molecule has 2 aromatic heterocycles. The van der Waals surface area contributed by atoms with Gasteiger partial charge in [0.1, 0.15) is 18.8 Å². The van der Waals surface area contributed by atoms with Crippen molar-refractivity contribution in [2.75, 3.05) is 6.79 Å². The summed E-state index contributed by atoms with van der Waals surface area (Å²) in [4.78, 5) is 4.10. The first-order valence-corrected chi connectivity index (χ1v) is 7.45. The van der Waals surface area contributed by atoms with Gasteiger partial charge in [0, 0.05) is 29.6 Å². The van der Waals surface area contributed by atoms with Crippen molar-refractivity contribution in [2.24, 2.45) is 0 Å². The minimum atomic E-state index is 0.270. The van der Waals surface area contributed by atoms with E-state index in [1.165, 1.54) is 5.56 Å². The maximum atomic E-state index is 5.41. The molecular weight excluding hydrogens is 294 g/mol. The maximum Gasteiger partial charge on any atom is 0.231 e. The van der Waals surface area contributed by atoms with Crippen LogP contribution in [0.15, 0.2) is 53.3 Å². The fraction of sp³-hybridized carbons (Fsp3) is 0.176. The number of nitrogens with zero attached hydrogens (tertiary/aromatic N) is 2. The monoisotopic (exact) mass is 310 g/mol. The van der Waals surface area contributed by atoms with E-state index in [1.807, 2.05) is 36.5 Å². The summed E-state index contributed by atoms with van der Waals surface area (Å²) in [5.41, 5.74) is 2.94. The van der Waals surface area contributed by atoms with Crippen LogP contribution in [0.2, 0.25) is 0 Å². The fourth-order valence-electron chi connectivity index (χ4n) is 2.50. The summed E-state index contributed by atoms with van der Waals surface area (Å²) in [6.45, 7) is 1.85. The summed E-state index contributed by atoms with van der Waals surface area (Å²) in [7, 11) is 0. The second kappa shape index (κ2) is 6.10. The Morgan fingerprint density at radius 3 is 2.91 bits per heavy atom. The third-order valence-corrected chi connectivity index (χ3v) is 3.68. The van der Waals surface area contributed by atoms with Crippen molar-refractivity contribution in [1.82, 2.24) is 10.1 Å². The Morgan fingerprint density at radius 2 is 2.00 bits per heavy atom. The van der Waals surface area contributed by atoms with E-state index in [0.29, 0.717) is 0 Å². The summed E-state index contributed by atoms with van der Waals surface area (Å²) >= 11 is 0. The first-order valence-electron chi connectivity index (χ1n) is 7.45. The first kappa shape index (κ1) is 13.8. The van der Waals surface area contributed by atoms with Crippen molar-refractivity contribution in [3.05, 3.63) is 60.1 Å². The van der Waals surface area contributed by atoms with E-state index in [1.54, 1.807) is 6.20 Å². The lowest BCUT2D eigenvalue weighted by molar-refractivity contribution is -0.688. The molecule has 0 saturated heterocycles. The minimum Gasteiger partial charge on any atom is -0.454 e. The third kappa shape index (κ3) is 3.02. The Bertz CT molecular complexity index is 802. The van der Waals surface area contributed by atoms with Crippen molar-refractivity contribution in [3.63, 3.8) is 0 Å². The Morgan fingerprint density at radius 1 is 1.04 bits per heavy atom. The SMILES string of the molecule is c1cncc(C[NH2+]Cc2cc(-c3ccc4c(c3)OCO4)no2)c1. The van der Waals surface area contributed by atoms with E-state index in [4.69, 9.17) is 14.0 Å². The molecule has 0 radical (unpaired) electrons. The molecule has 4 rings (SSSR count). The van der Waals surface area contributed by atoms with Gasteiger partial charge >= 0.3 is 0 Å². The van der Waals surface area contributed by atoms with Crippen molar-refractivity contribution in [2.45, 2.75) is 13.1 Å². The maximum absolute atomic E-state index is 5.41. The highest BCUT2D eigenvalue weighted by molar-refractivity contribution is 5.64. The molecule has 0 unspecified atom stereocenters. The second-order valence-electron chi connectivity index (χ2n) is 5.30. The highest BCUT2D eigenvalue weighted by Gasteiger charge is 2.15. The summed E-state index contributed by atoms with van der Waals surface area (Å²) < 4.78 is 16.1. The van der Waals surface area contributed by atoms with Gasteiger partial charge in [-0.3, -0.25) is 4.98 Å².